The lowest BCUT2D eigenvalue weighted by molar-refractivity contribution is -0.132. The van der Waals surface area contributed by atoms with E-state index in [-0.39, 0.29) is 5.91 Å². The van der Waals surface area contributed by atoms with Gasteiger partial charge in [0.2, 0.25) is 5.91 Å². The van der Waals surface area contributed by atoms with Gasteiger partial charge in [-0.2, -0.15) is 0 Å². The van der Waals surface area contributed by atoms with Crippen LogP contribution in [-0.2, 0) is 9.53 Å². The van der Waals surface area contributed by atoms with Crippen LogP contribution in [-0.4, -0.2) is 68.2 Å². The summed E-state index contributed by atoms with van der Waals surface area (Å²) in [5.74, 6) is 0.0232. The maximum atomic E-state index is 12.1. The van der Waals surface area contributed by atoms with Crippen LogP contribution >= 0.6 is 0 Å². The average molecular weight is 257 g/mol. The number of rotatable bonds is 7. The van der Waals surface area contributed by atoms with E-state index >= 15 is 0 Å². The van der Waals surface area contributed by atoms with Crippen LogP contribution in [0.2, 0.25) is 0 Å². The van der Waals surface area contributed by atoms with Crippen molar-refractivity contribution < 1.29 is 9.53 Å². The van der Waals surface area contributed by atoms with Gasteiger partial charge in [0.1, 0.15) is 0 Å². The third-order valence-electron chi connectivity index (χ3n) is 3.72. The molecule has 1 aliphatic rings. The molecule has 1 heterocycles. The molecule has 106 valence electrons. The monoisotopic (exact) mass is 257 g/mol. The Bertz CT molecular complexity index is 261. The zero-order valence-corrected chi connectivity index (χ0v) is 11.9. The largest absolute Gasteiger partial charge is 0.385 e. The smallest absolute Gasteiger partial charge is 0.239 e. The Kier molecular flexibility index (Phi) is 6.60. The van der Waals surface area contributed by atoms with Gasteiger partial charge in [0.25, 0.3) is 0 Å². The minimum absolute atomic E-state index is 0.0232. The highest BCUT2D eigenvalue weighted by Gasteiger charge is 2.27. The predicted octanol–water partition coefficient (Wildman–Crippen LogP) is 0.293. The molecule has 1 aliphatic heterocycles. The molecule has 1 fully saturated rings. The van der Waals surface area contributed by atoms with E-state index in [1.165, 1.54) is 12.8 Å². The van der Waals surface area contributed by atoms with Crippen molar-refractivity contribution in [2.75, 3.05) is 40.4 Å². The number of carbonyl (C=O) groups is 1. The Hall–Kier alpha value is -0.650. The van der Waals surface area contributed by atoms with E-state index in [1.54, 1.807) is 12.0 Å². The SMILES string of the molecule is CCN1CCCC1CN(C)C(=O)C(N)CCOC. The molecule has 0 aromatic heterocycles. The van der Waals surface area contributed by atoms with Crippen LogP contribution < -0.4 is 5.73 Å². The maximum absolute atomic E-state index is 12.1. The number of nitrogens with zero attached hydrogens (tertiary/aromatic N) is 2. The maximum Gasteiger partial charge on any atom is 0.239 e. The number of amides is 1. The predicted molar refractivity (Wildman–Crippen MR) is 72.4 cm³/mol. The summed E-state index contributed by atoms with van der Waals surface area (Å²) >= 11 is 0. The van der Waals surface area contributed by atoms with Crippen molar-refractivity contribution in [3.05, 3.63) is 0 Å². The van der Waals surface area contributed by atoms with E-state index in [1.807, 2.05) is 7.05 Å². The van der Waals surface area contributed by atoms with Gasteiger partial charge in [-0.15, -0.1) is 0 Å². The summed E-state index contributed by atoms with van der Waals surface area (Å²) in [6, 6.07) is 0.0602. The molecular weight excluding hydrogens is 230 g/mol. The van der Waals surface area contributed by atoms with Crippen LogP contribution in [0.3, 0.4) is 0 Å². The minimum Gasteiger partial charge on any atom is -0.385 e. The zero-order chi connectivity index (χ0) is 13.5. The van der Waals surface area contributed by atoms with Crippen molar-refractivity contribution in [3.8, 4) is 0 Å². The summed E-state index contributed by atoms with van der Waals surface area (Å²) < 4.78 is 4.95. The number of likely N-dealkylation sites (tertiary alicyclic amines) is 1. The average Bonchev–Trinajstić information content (AvgIpc) is 2.81. The van der Waals surface area contributed by atoms with Gasteiger partial charge < -0.3 is 15.4 Å². The van der Waals surface area contributed by atoms with Crippen molar-refractivity contribution in [2.24, 2.45) is 5.73 Å². The van der Waals surface area contributed by atoms with Crippen molar-refractivity contribution in [3.63, 3.8) is 0 Å². The Morgan fingerprint density at radius 3 is 2.94 bits per heavy atom. The number of likely N-dealkylation sites (N-methyl/N-ethyl adjacent to an activating group) is 2. The van der Waals surface area contributed by atoms with Gasteiger partial charge in [-0.3, -0.25) is 9.69 Å². The van der Waals surface area contributed by atoms with Crippen LogP contribution in [0.4, 0.5) is 0 Å². The third kappa shape index (κ3) is 4.23. The van der Waals surface area contributed by atoms with Gasteiger partial charge in [-0.25, -0.2) is 0 Å². The summed E-state index contributed by atoms with van der Waals surface area (Å²) in [4.78, 5) is 16.3. The minimum atomic E-state index is -0.438. The first-order valence-corrected chi connectivity index (χ1v) is 6.83. The van der Waals surface area contributed by atoms with Crippen LogP contribution in [0.1, 0.15) is 26.2 Å². The van der Waals surface area contributed by atoms with Gasteiger partial charge in [0, 0.05) is 33.4 Å². The van der Waals surface area contributed by atoms with E-state index < -0.39 is 6.04 Å². The fourth-order valence-corrected chi connectivity index (χ4v) is 2.58. The molecule has 0 radical (unpaired) electrons. The van der Waals surface area contributed by atoms with Crippen molar-refractivity contribution in [2.45, 2.75) is 38.3 Å². The quantitative estimate of drug-likeness (QED) is 0.712. The number of carbonyl (C=O) groups excluding carboxylic acids is 1. The van der Waals surface area contributed by atoms with Crippen molar-refractivity contribution in [1.82, 2.24) is 9.80 Å². The molecule has 1 saturated heterocycles. The summed E-state index contributed by atoms with van der Waals surface area (Å²) in [6.45, 7) is 5.70. The molecule has 1 rings (SSSR count). The lowest BCUT2D eigenvalue weighted by atomic mass is 10.1. The molecule has 0 bridgehead atoms. The molecule has 0 aliphatic carbocycles. The number of hydrogen-bond acceptors (Lipinski definition) is 4. The molecule has 0 spiro atoms. The molecule has 0 aromatic carbocycles. The summed E-state index contributed by atoms with van der Waals surface area (Å²) in [7, 11) is 3.47. The first-order chi connectivity index (χ1) is 8.60. The highest BCUT2D eigenvalue weighted by Crippen LogP contribution is 2.17. The van der Waals surface area contributed by atoms with E-state index in [0.29, 0.717) is 19.1 Å². The summed E-state index contributed by atoms with van der Waals surface area (Å²) in [5, 5.41) is 0. The van der Waals surface area contributed by atoms with E-state index in [0.717, 1.165) is 19.6 Å². The Morgan fingerprint density at radius 1 is 1.61 bits per heavy atom. The van der Waals surface area contributed by atoms with Gasteiger partial charge >= 0.3 is 0 Å². The molecule has 5 heteroatoms. The lowest BCUT2D eigenvalue weighted by Crippen LogP contribution is -2.47. The highest BCUT2D eigenvalue weighted by atomic mass is 16.5. The number of nitrogens with two attached hydrogens (primary N) is 1. The zero-order valence-electron chi connectivity index (χ0n) is 11.9. The van der Waals surface area contributed by atoms with Gasteiger partial charge in [-0.1, -0.05) is 6.92 Å². The molecule has 0 aromatic rings. The first-order valence-electron chi connectivity index (χ1n) is 6.83. The molecular formula is C13H27N3O2. The van der Waals surface area contributed by atoms with E-state index in [2.05, 4.69) is 11.8 Å². The molecule has 2 N–H and O–H groups in total. The summed E-state index contributed by atoms with van der Waals surface area (Å²) in [5.41, 5.74) is 5.86. The number of hydrogen-bond donors (Lipinski definition) is 1. The fraction of sp³-hybridized carbons (Fsp3) is 0.923. The third-order valence-corrected chi connectivity index (χ3v) is 3.72. The second-order valence-electron chi connectivity index (χ2n) is 5.03. The topological polar surface area (TPSA) is 58.8 Å². The first kappa shape index (κ1) is 15.4. The van der Waals surface area contributed by atoms with Crippen LogP contribution in [0.25, 0.3) is 0 Å². The molecule has 1 amide bonds. The summed E-state index contributed by atoms with van der Waals surface area (Å²) in [6.07, 6.45) is 3.00. The molecule has 0 saturated carbocycles. The van der Waals surface area contributed by atoms with Crippen LogP contribution in [0.5, 0.6) is 0 Å². The molecule has 2 unspecified atom stereocenters. The van der Waals surface area contributed by atoms with E-state index in [9.17, 15) is 4.79 Å². The van der Waals surface area contributed by atoms with Gasteiger partial charge in [-0.05, 0) is 32.4 Å². The van der Waals surface area contributed by atoms with Crippen molar-refractivity contribution in [1.29, 1.82) is 0 Å². The lowest BCUT2D eigenvalue weighted by Gasteiger charge is -2.29. The Labute approximate surface area is 110 Å². The Balaban J connectivity index is 2.39. The van der Waals surface area contributed by atoms with Crippen molar-refractivity contribution >= 4 is 5.91 Å². The molecule has 2 atom stereocenters. The second-order valence-corrected chi connectivity index (χ2v) is 5.03. The molecule has 5 nitrogen and oxygen atoms in total. The van der Waals surface area contributed by atoms with Crippen LogP contribution in [0.15, 0.2) is 0 Å². The second kappa shape index (κ2) is 7.71. The van der Waals surface area contributed by atoms with Gasteiger partial charge in [0.15, 0.2) is 0 Å². The van der Waals surface area contributed by atoms with Gasteiger partial charge in [0.05, 0.1) is 6.04 Å². The van der Waals surface area contributed by atoms with E-state index in [4.69, 9.17) is 10.5 Å². The Morgan fingerprint density at radius 2 is 2.33 bits per heavy atom. The fourth-order valence-electron chi connectivity index (χ4n) is 2.58. The highest BCUT2D eigenvalue weighted by molar-refractivity contribution is 5.81. The van der Waals surface area contributed by atoms with Crippen LogP contribution in [0, 0.1) is 0 Å². The number of methoxy groups -OCH3 is 1. The standard InChI is InChI=1S/C13H27N3O2/c1-4-16-8-5-6-11(16)10-15(2)13(17)12(14)7-9-18-3/h11-12H,4-10,14H2,1-3H3. The normalized spacial score (nSPS) is 22.1. The molecule has 18 heavy (non-hydrogen) atoms. The number of ether oxygens (including phenoxy) is 1.